The molecule has 98 valence electrons. The molecule has 0 amide bonds. The maximum absolute atomic E-state index is 11.4. The fourth-order valence-electron chi connectivity index (χ4n) is 1.58. The first kappa shape index (κ1) is 14.1. The van der Waals surface area contributed by atoms with Gasteiger partial charge in [-0.05, 0) is 19.8 Å². The van der Waals surface area contributed by atoms with E-state index in [1.807, 2.05) is 20.8 Å². The van der Waals surface area contributed by atoms with Crippen LogP contribution in [0.1, 0.15) is 52.4 Å². The molecule has 0 fully saturated rings. The quantitative estimate of drug-likeness (QED) is 0.882. The second-order valence-electron chi connectivity index (χ2n) is 4.88. The Morgan fingerprint density at radius 3 is 2.00 bits per heavy atom. The molecule has 0 spiro atoms. The molecule has 0 aromatic carbocycles. The lowest BCUT2D eigenvalue weighted by Gasteiger charge is -2.19. The van der Waals surface area contributed by atoms with Crippen LogP contribution >= 0.6 is 0 Å². The number of nitrogens with two attached hydrogens (primary N) is 1. The number of primary sulfonamides is 1. The lowest BCUT2D eigenvalue weighted by atomic mass is 9.97. The van der Waals surface area contributed by atoms with Gasteiger partial charge in [0.25, 0.3) is 15.2 Å². The highest BCUT2D eigenvalue weighted by atomic mass is 32.2. The summed E-state index contributed by atoms with van der Waals surface area (Å²) in [5.41, 5.74) is 0. The molecule has 1 aromatic rings. The van der Waals surface area contributed by atoms with Gasteiger partial charge in [0, 0.05) is 12.0 Å². The minimum absolute atomic E-state index is 0.0467. The third-order valence-electron chi connectivity index (χ3n) is 2.87. The Kier molecular flexibility index (Phi) is 3.93. The SMILES string of the molecule is CC(C)C(C)c1nnc(S(N)(=O)=O)n1C(C)C. The maximum atomic E-state index is 11.4. The zero-order valence-corrected chi connectivity index (χ0v) is 11.7. The van der Waals surface area contributed by atoms with Crippen molar-refractivity contribution in [2.24, 2.45) is 11.1 Å². The Morgan fingerprint density at radius 1 is 1.12 bits per heavy atom. The van der Waals surface area contributed by atoms with E-state index in [9.17, 15) is 8.42 Å². The molecule has 0 aliphatic rings. The lowest BCUT2D eigenvalue weighted by molar-refractivity contribution is 0.443. The Balaban J connectivity index is 3.41. The van der Waals surface area contributed by atoms with Gasteiger partial charge in [-0.3, -0.25) is 4.57 Å². The first-order valence-corrected chi connectivity index (χ1v) is 7.18. The summed E-state index contributed by atoms with van der Waals surface area (Å²) in [6, 6.07) is -0.0467. The van der Waals surface area contributed by atoms with Crippen LogP contribution in [0, 0.1) is 5.92 Å². The molecule has 0 aliphatic heterocycles. The average Bonchev–Trinajstić information content (AvgIpc) is 2.59. The van der Waals surface area contributed by atoms with E-state index in [-0.39, 0.29) is 17.1 Å². The summed E-state index contributed by atoms with van der Waals surface area (Å²) in [6.07, 6.45) is 0. The molecule has 1 rings (SSSR count). The maximum Gasteiger partial charge on any atom is 0.273 e. The van der Waals surface area contributed by atoms with Crippen LogP contribution in [0.4, 0.5) is 0 Å². The molecule has 0 saturated heterocycles. The van der Waals surface area contributed by atoms with Crippen molar-refractivity contribution in [3.05, 3.63) is 5.82 Å². The largest absolute Gasteiger partial charge is 0.298 e. The van der Waals surface area contributed by atoms with Crippen molar-refractivity contribution in [2.45, 2.75) is 51.7 Å². The van der Waals surface area contributed by atoms with E-state index in [0.717, 1.165) is 0 Å². The molecular formula is C10H20N4O2S. The molecular weight excluding hydrogens is 240 g/mol. The standard InChI is InChI=1S/C10H20N4O2S/c1-6(2)8(5)9-12-13-10(17(11,15)16)14(9)7(3)4/h6-8H,1-5H3,(H2,11,15,16). The van der Waals surface area contributed by atoms with Crippen molar-refractivity contribution in [3.8, 4) is 0 Å². The predicted molar refractivity (Wildman–Crippen MR) is 65.0 cm³/mol. The van der Waals surface area contributed by atoms with Crippen LogP contribution < -0.4 is 5.14 Å². The predicted octanol–water partition coefficient (Wildman–Crippen LogP) is 1.27. The van der Waals surface area contributed by atoms with Gasteiger partial charge in [0.05, 0.1) is 0 Å². The molecule has 1 atom stereocenters. The fourth-order valence-corrected chi connectivity index (χ4v) is 2.31. The molecule has 6 nitrogen and oxygen atoms in total. The second-order valence-corrected chi connectivity index (χ2v) is 6.34. The van der Waals surface area contributed by atoms with Gasteiger partial charge in [-0.15, -0.1) is 10.2 Å². The number of hydrogen-bond donors (Lipinski definition) is 1. The fraction of sp³-hybridized carbons (Fsp3) is 0.800. The summed E-state index contributed by atoms with van der Waals surface area (Å²) in [6.45, 7) is 9.88. The van der Waals surface area contributed by atoms with Gasteiger partial charge >= 0.3 is 0 Å². The first-order chi connectivity index (χ1) is 7.66. The molecule has 0 bridgehead atoms. The molecule has 2 N–H and O–H groups in total. The van der Waals surface area contributed by atoms with E-state index in [1.165, 1.54) is 0 Å². The van der Waals surface area contributed by atoms with Crippen LogP contribution in [-0.2, 0) is 10.0 Å². The molecule has 1 heterocycles. The van der Waals surface area contributed by atoms with E-state index in [2.05, 4.69) is 24.0 Å². The molecule has 0 radical (unpaired) electrons. The zero-order valence-electron chi connectivity index (χ0n) is 10.9. The Labute approximate surface area is 102 Å². The number of aromatic nitrogens is 3. The first-order valence-electron chi connectivity index (χ1n) is 5.63. The van der Waals surface area contributed by atoms with Gasteiger partial charge in [0.15, 0.2) is 0 Å². The number of nitrogens with zero attached hydrogens (tertiary/aromatic N) is 3. The minimum Gasteiger partial charge on any atom is -0.298 e. The molecule has 0 saturated carbocycles. The number of sulfonamides is 1. The summed E-state index contributed by atoms with van der Waals surface area (Å²) in [7, 11) is -3.83. The molecule has 1 unspecified atom stereocenters. The third-order valence-corrected chi connectivity index (χ3v) is 3.66. The molecule has 7 heteroatoms. The number of hydrogen-bond acceptors (Lipinski definition) is 4. The highest BCUT2D eigenvalue weighted by molar-refractivity contribution is 7.89. The Hall–Kier alpha value is -0.950. The average molecular weight is 260 g/mol. The summed E-state index contributed by atoms with van der Waals surface area (Å²) >= 11 is 0. The van der Waals surface area contributed by atoms with Crippen molar-refractivity contribution in [1.82, 2.24) is 14.8 Å². The van der Waals surface area contributed by atoms with Gasteiger partial charge in [0.2, 0.25) is 0 Å². The van der Waals surface area contributed by atoms with Crippen LogP contribution in [0.3, 0.4) is 0 Å². The normalized spacial score (nSPS) is 14.6. The summed E-state index contributed by atoms with van der Waals surface area (Å²) < 4.78 is 24.4. The second kappa shape index (κ2) is 4.73. The van der Waals surface area contributed by atoms with Crippen molar-refractivity contribution in [3.63, 3.8) is 0 Å². The van der Waals surface area contributed by atoms with Crippen molar-refractivity contribution < 1.29 is 8.42 Å². The summed E-state index contributed by atoms with van der Waals surface area (Å²) in [4.78, 5) is 0. The van der Waals surface area contributed by atoms with Crippen LogP contribution in [0.5, 0.6) is 0 Å². The van der Waals surface area contributed by atoms with E-state index < -0.39 is 10.0 Å². The third kappa shape index (κ3) is 2.84. The smallest absolute Gasteiger partial charge is 0.273 e. The molecule has 1 aromatic heterocycles. The van der Waals surface area contributed by atoms with Gasteiger partial charge in [0.1, 0.15) is 5.82 Å². The van der Waals surface area contributed by atoms with Crippen LogP contribution in [0.2, 0.25) is 0 Å². The Morgan fingerprint density at radius 2 is 1.65 bits per heavy atom. The van der Waals surface area contributed by atoms with Crippen molar-refractivity contribution in [1.29, 1.82) is 0 Å². The van der Waals surface area contributed by atoms with E-state index in [0.29, 0.717) is 11.7 Å². The van der Waals surface area contributed by atoms with Crippen molar-refractivity contribution in [2.75, 3.05) is 0 Å². The van der Waals surface area contributed by atoms with E-state index >= 15 is 0 Å². The Bertz CT molecular complexity index is 490. The van der Waals surface area contributed by atoms with E-state index in [1.54, 1.807) is 4.57 Å². The highest BCUT2D eigenvalue weighted by Crippen LogP contribution is 2.26. The highest BCUT2D eigenvalue weighted by Gasteiger charge is 2.26. The van der Waals surface area contributed by atoms with Crippen molar-refractivity contribution >= 4 is 10.0 Å². The minimum atomic E-state index is -3.83. The lowest BCUT2D eigenvalue weighted by Crippen LogP contribution is -2.21. The van der Waals surface area contributed by atoms with Crippen LogP contribution in [0.15, 0.2) is 5.16 Å². The van der Waals surface area contributed by atoms with E-state index in [4.69, 9.17) is 5.14 Å². The molecule has 0 aliphatic carbocycles. The van der Waals surface area contributed by atoms with Gasteiger partial charge < -0.3 is 0 Å². The topological polar surface area (TPSA) is 90.9 Å². The molecule has 17 heavy (non-hydrogen) atoms. The van der Waals surface area contributed by atoms with Crippen LogP contribution in [0.25, 0.3) is 0 Å². The van der Waals surface area contributed by atoms with Gasteiger partial charge in [-0.2, -0.15) is 0 Å². The van der Waals surface area contributed by atoms with Gasteiger partial charge in [-0.25, -0.2) is 13.6 Å². The number of rotatable bonds is 4. The summed E-state index contributed by atoms with van der Waals surface area (Å²) in [5.74, 6) is 1.14. The van der Waals surface area contributed by atoms with Gasteiger partial charge in [-0.1, -0.05) is 20.8 Å². The zero-order chi connectivity index (χ0) is 13.4. The van der Waals surface area contributed by atoms with Crippen LogP contribution in [-0.4, -0.2) is 23.2 Å². The monoisotopic (exact) mass is 260 g/mol. The summed E-state index contributed by atoms with van der Waals surface area (Å²) in [5, 5.41) is 12.7.